The molecule has 0 aliphatic carbocycles. The zero-order valence-electron chi connectivity index (χ0n) is 18.0. The van der Waals surface area contributed by atoms with Crippen LogP contribution < -0.4 is 0 Å². The first-order valence-corrected chi connectivity index (χ1v) is 11.3. The fraction of sp³-hybridized carbons (Fsp3) is 0.308. The highest BCUT2D eigenvalue weighted by Gasteiger charge is 2.30. The minimum atomic E-state index is -0.287. The molecule has 0 saturated carbocycles. The van der Waals surface area contributed by atoms with Gasteiger partial charge in [-0.2, -0.15) is 5.10 Å². The minimum Gasteiger partial charge on any atom is -0.338 e. The summed E-state index contributed by atoms with van der Waals surface area (Å²) >= 11 is 0. The first kappa shape index (κ1) is 20.6. The topological polar surface area (TPSA) is 41.4 Å². The molecule has 0 radical (unpaired) electrons. The molecule has 32 heavy (non-hydrogen) atoms. The van der Waals surface area contributed by atoms with Crippen LogP contribution >= 0.6 is 0 Å². The summed E-state index contributed by atoms with van der Waals surface area (Å²) in [4.78, 5) is 17.4. The van der Waals surface area contributed by atoms with Crippen LogP contribution in [-0.2, 0) is 4.79 Å². The second-order valence-corrected chi connectivity index (χ2v) is 8.52. The molecular weight excluding hydrogens is 403 g/mol. The Balaban J connectivity index is 1.38. The lowest BCUT2D eigenvalue weighted by Gasteiger charge is -2.23. The first-order valence-electron chi connectivity index (χ1n) is 11.3. The van der Waals surface area contributed by atoms with E-state index in [-0.39, 0.29) is 11.7 Å². The van der Waals surface area contributed by atoms with E-state index in [0.717, 1.165) is 49.4 Å². The van der Waals surface area contributed by atoms with Crippen LogP contribution in [0.3, 0.4) is 0 Å². The summed E-state index contributed by atoms with van der Waals surface area (Å²) in [5.41, 5.74) is 3.27. The smallest absolute Gasteiger partial charge is 0.246 e. The molecule has 1 unspecified atom stereocenters. The van der Waals surface area contributed by atoms with Gasteiger partial charge in [-0.15, -0.1) is 0 Å². The Hall–Kier alpha value is -3.25. The number of hydrogen-bond donors (Lipinski definition) is 0. The molecular formula is C26H27FN4O. The number of carbonyl (C=O) groups excluding carboxylic acids is 1. The van der Waals surface area contributed by atoms with Gasteiger partial charge in [0, 0.05) is 42.5 Å². The largest absolute Gasteiger partial charge is 0.338 e. The Bertz CT molecular complexity index is 1100. The Morgan fingerprint density at radius 3 is 2.50 bits per heavy atom. The van der Waals surface area contributed by atoms with Crippen molar-refractivity contribution in [2.75, 3.05) is 26.2 Å². The average Bonchev–Trinajstić information content (AvgIpc) is 3.59. The van der Waals surface area contributed by atoms with Gasteiger partial charge < -0.3 is 4.90 Å². The standard InChI is InChI=1S/C26H27FN4O/c27-22-11-8-20(9-12-22)26-21(18-31(28-26)23-6-2-1-3-7-23)10-13-25(32)30-17-14-24(19-30)29-15-4-5-16-29/h1-3,6-13,18,24H,4-5,14-17,19H2/b13-10+. The maximum Gasteiger partial charge on any atom is 0.246 e. The van der Waals surface area contributed by atoms with Crippen LogP contribution in [0.25, 0.3) is 23.0 Å². The molecule has 1 amide bonds. The SMILES string of the molecule is O=C(/C=C/c1cn(-c2ccccc2)nc1-c1ccc(F)cc1)N1CCC(N2CCCC2)C1. The predicted octanol–water partition coefficient (Wildman–Crippen LogP) is 4.39. The molecule has 5 nitrogen and oxygen atoms in total. The monoisotopic (exact) mass is 430 g/mol. The van der Waals surface area contributed by atoms with Gasteiger partial charge in [-0.25, -0.2) is 9.07 Å². The Labute approximate surface area is 187 Å². The second-order valence-electron chi connectivity index (χ2n) is 8.52. The summed E-state index contributed by atoms with van der Waals surface area (Å²) in [7, 11) is 0. The van der Waals surface area contributed by atoms with Crippen molar-refractivity contribution in [2.24, 2.45) is 0 Å². The van der Waals surface area contributed by atoms with Gasteiger partial charge in [0.2, 0.25) is 5.91 Å². The van der Waals surface area contributed by atoms with Gasteiger partial charge in [0.1, 0.15) is 5.82 Å². The fourth-order valence-electron chi connectivity index (χ4n) is 4.67. The minimum absolute atomic E-state index is 0.0317. The lowest BCUT2D eigenvalue weighted by Crippen LogP contribution is -2.36. The number of amides is 1. The third-order valence-electron chi connectivity index (χ3n) is 6.42. The highest BCUT2D eigenvalue weighted by atomic mass is 19.1. The van der Waals surface area contributed by atoms with E-state index in [1.54, 1.807) is 22.9 Å². The molecule has 2 aliphatic heterocycles. The van der Waals surface area contributed by atoms with Crippen LogP contribution in [0.5, 0.6) is 0 Å². The van der Waals surface area contributed by atoms with Crippen molar-refractivity contribution in [3.05, 3.63) is 78.3 Å². The molecule has 164 valence electrons. The van der Waals surface area contributed by atoms with Gasteiger partial charge in [0.15, 0.2) is 0 Å². The van der Waals surface area contributed by atoms with E-state index < -0.39 is 0 Å². The van der Waals surface area contributed by atoms with E-state index >= 15 is 0 Å². The summed E-state index contributed by atoms with van der Waals surface area (Å²) < 4.78 is 15.2. The maximum atomic E-state index is 13.5. The summed E-state index contributed by atoms with van der Waals surface area (Å²) in [5, 5.41) is 4.73. The molecule has 2 fully saturated rings. The molecule has 2 aliphatic rings. The molecule has 0 bridgehead atoms. The summed E-state index contributed by atoms with van der Waals surface area (Å²) in [5.74, 6) is -0.255. The number of likely N-dealkylation sites (tertiary alicyclic amines) is 2. The van der Waals surface area contributed by atoms with Gasteiger partial charge in [0.25, 0.3) is 0 Å². The third kappa shape index (κ3) is 4.36. The summed E-state index contributed by atoms with van der Waals surface area (Å²) in [6, 6.07) is 16.6. The molecule has 1 aromatic heterocycles. The van der Waals surface area contributed by atoms with E-state index in [1.165, 1.54) is 25.0 Å². The van der Waals surface area contributed by atoms with Crippen LogP contribution in [0.2, 0.25) is 0 Å². The number of para-hydroxylation sites is 1. The normalized spacial score (nSPS) is 19.3. The van der Waals surface area contributed by atoms with Crippen molar-refractivity contribution in [3.63, 3.8) is 0 Å². The number of aromatic nitrogens is 2. The van der Waals surface area contributed by atoms with Crippen molar-refractivity contribution in [2.45, 2.75) is 25.3 Å². The van der Waals surface area contributed by atoms with Crippen LogP contribution in [0.15, 0.2) is 66.9 Å². The number of halogens is 1. The van der Waals surface area contributed by atoms with E-state index in [9.17, 15) is 9.18 Å². The lowest BCUT2D eigenvalue weighted by molar-refractivity contribution is -0.125. The summed E-state index contributed by atoms with van der Waals surface area (Å²) in [6.07, 6.45) is 8.97. The van der Waals surface area contributed by atoms with E-state index in [4.69, 9.17) is 5.10 Å². The van der Waals surface area contributed by atoms with Crippen LogP contribution in [-0.4, -0.2) is 57.7 Å². The first-order chi connectivity index (χ1) is 15.7. The highest BCUT2D eigenvalue weighted by Crippen LogP contribution is 2.26. The van der Waals surface area contributed by atoms with Crippen molar-refractivity contribution in [1.82, 2.24) is 19.6 Å². The van der Waals surface area contributed by atoms with Crippen LogP contribution in [0, 0.1) is 5.82 Å². The fourth-order valence-corrected chi connectivity index (χ4v) is 4.67. The Kier molecular flexibility index (Phi) is 5.86. The van der Waals surface area contributed by atoms with Gasteiger partial charge in [-0.1, -0.05) is 18.2 Å². The number of carbonyl (C=O) groups is 1. The average molecular weight is 431 g/mol. The molecule has 2 aromatic carbocycles. The number of benzene rings is 2. The zero-order valence-corrected chi connectivity index (χ0v) is 18.0. The number of hydrogen-bond acceptors (Lipinski definition) is 3. The van der Waals surface area contributed by atoms with Gasteiger partial charge >= 0.3 is 0 Å². The van der Waals surface area contributed by atoms with Crippen molar-refractivity contribution in [3.8, 4) is 16.9 Å². The molecule has 5 rings (SSSR count). The maximum absolute atomic E-state index is 13.5. The van der Waals surface area contributed by atoms with E-state index in [1.807, 2.05) is 47.5 Å². The molecule has 6 heteroatoms. The molecule has 2 saturated heterocycles. The Morgan fingerprint density at radius 2 is 1.75 bits per heavy atom. The van der Waals surface area contributed by atoms with E-state index in [0.29, 0.717) is 11.7 Å². The quantitative estimate of drug-likeness (QED) is 0.564. The van der Waals surface area contributed by atoms with Gasteiger partial charge in [-0.05, 0) is 74.8 Å². The van der Waals surface area contributed by atoms with E-state index in [2.05, 4.69) is 4.90 Å². The molecule has 3 heterocycles. The van der Waals surface area contributed by atoms with Crippen LogP contribution in [0.4, 0.5) is 4.39 Å². The molecule has 3 aromatic rings. The zero-order chi connectivity index (χ0) is 21.9. The summed E-state index contributed by atoms with van der Waals surface area (Å²) in [6.45, 7) is 3.92. The molecule has 1 atom stereocenters. The third-order valence-corrected chi connectivity index (χ3v) is 6.42. The lowest BCUT2D eigenvalue weighted by atomic mass is 10.1. The van der Waals surface area contributed by atoms with Gasteiger partial charge in [0.05, 0.1) is 11.4 Å². The highest BCUT2D eigenvalue weighted by molar-refractivity contribution is 5.93. The predicted molar refractivity (Wildman–Crippen MR) is 124 cm³/mol. The Morgan fingerprint density at radius 1 is 1.00 bits per heavy atom. The molecule has 0 spiro atoms. The number of rotatable bonds is 5. The number of nitrogens with zero attached hydrogens (tertiary/aromatic N) is 4. The second kappa shape index (κ2) is 9.09. The van der Waals surface area contributed by atoms with Crippen molar-refractivity contribution < 1.29 is 9.18 Å². The van der Waals surface area contributed by atoms with Crippen molar-refractivity contribution >= 4 is 12.0 Å². The van der Waals surface area contributed by atoms with Crippen LogP contribution in [0.1, 0.15) is 24.8 Å². The van der Waals surface area contributed by atoms with Crippen molar-refractivity contribution in [1.29, 1.82) is 0 Å². The van der Waals surface area contributed by atoms with Gasteiger partial charge in [-0.3, -0.25) is 9.69 Å². The molecule has 0 N–H and O–H groups in total.